The highest BCUT2D eigenvalue weighted by atomic mass is 16.2. The average molecular weight is 350 g/mol. The molecule has 0 atom stereocenters. The zero-order valence-corrected chi connectivity index (χ0v) is 15.6. The highest BCUT2D eigenvalue weighted by Gasteiger charge is 2.35. The molecule has 136 valence electrons. The van der Waals surface area contributed by atoms with Gasteiger partial charge in [-0.15, -0.1) is 0 Å². The number of pyridine rings is 1. The minimum atomic E-state index is 0.315. The summed E-state index contributed by atoms with van der Waals surface area (Å²) in [5, 5.41) is 0. The topological polar surface area (TPSA) is 59.0 Å². The number of piperidine rings is 1. The van der Waals surface area contributed by atoms with E-state index in [-0.39, 0.29) is 0 Å². The van der Waals surface area contributed by atoms with E-state index in [1.807, 2.05) is 23.2 Å². The fraction of sp³-hybridized carbons (Fsp3) is 0.524. The molecule has 5 heteroatoms. The average Bonchev–Trinajstić information content (AvgIpc) is 3.53. The first-order chi connectivity index (χ1) is 12.6. The van der Waals surface area contributed by atoms with Crippen molar-refractivity contribution < 1.29 is 4.79 Å². The number of carbonyl (C=O) groups excluding carboxylic acids is 1. The molecule has 2 aromatic rings. The smallest absolute Gasteiger partial charge is 0.225 e. The maximum atomic E-state index is 12.2. The minimum Gasteiger partial charge on any atom is -0.342 e. The maximum Gasteiger partial charge on any atom is 0.225 e. The van der Waals surface area contributed by atoms with E-state index in [2.05, 4.69) is 18.8 Å². The number of carbonyl (C=O) groups is 1. The summed E-state index contributed by atoms with van der Waals surface area (Å²) >= 11 is 0. The van der Waals surface area contributed by atoms with Crippen LogP contribution < -0.4 is 0 Å². The lowest BCUT2D eigenvalue weighted by atomic mass is 9.94. The van der Waals surface area contributed by atoms with Crippen molar-refractivity contribution in [2.24, 2.45) is 5.92 Å². The van der Waals surface area contributed by atoms with E-state index in [0.717, 1.165) is 61.4 Å². The second-order valence-corrected chi connectivity index (χ2v) is 7.79. The van der Waals surface area contributed by atoms with Gasteiger partial charge in [-0.2, -0.15) is 0 Å². The Morgan fingerprint density at radius 2 is 1.81 bits per heavy atom. The summed E-state index contributed by atoms with van der Waals surface area (Å²) in [4.78, 5) is 28.0. The van der Waals surface area contributed by atoms with Gasteiger partial charge in [0.15, 0.2) is 0 Å². The summed E-state index contributed by atoms with van der Waals surface area (Å²) in [6.07, 6.45) is 9.66. The molecule has 0 unspecified atom stereocenters. The van der Waals surface area contributed by atoms with Crippen LogP contribution in [0.25, 0.3) is 11.1 Å². The quantitative estimate of drug-likeness (QED) is 0.842. The Hall–Kier alpha value is -2.30. The number of amides is 1. The third-order valence-corrected chi connectivity index (χ3v) is 5.47. The molecule has 1 saturated carbocycles. The number of likely N-dealkylation sites (tertiary alicyclic amines) is 1. The van der Waals surface area contributed by atoms with Gasteiger partial charge < -0.3 is 4.90 Å². The van der Waals surface area contributed by atoms with Gasteiger partial charge in [0.25, 0.3) is 0 Å². The van der Waals surface area contributed by atoms with Crippen molar-refractivity contribution in [1.82, 2.24) is 19.9 Å². The molecular formula is C21H26N4O. The summed E-state index contributed by atoms with van der Waals surface area (Å²) in [5.74, 6) is 2.29. The van der Waals surface area contributed by atoms with E-state index >= 15 is 0 Å². The van der Waals surface area contributed by atoms with Gasteiger partial charge in [0.1, 0.15) is 5.82 Å². The molecule has 5 nitrogen and oxygen atoms in total. The molecule has 2 fully saturated rings. The SMILES string of the molecule is CC(C)c1nc(C2CCN(C(=O)C3CC3)CC2)ncc1-c1ccncc1. The van der Waals surface area contributed by atoms with E-state index in [4.69, 9.17) is 9.97 Å². The molecule has 1 saturated heterocycles. The first-order valence-electron chi connectivity index (χ1n) is 9.69. The third-order valence-electron chi connectivity index (χ3n) is 5.47. The van der Waals surface area contributed by atoms with E-state index in [1.165, 1.54) is 0 Å². The summed E-state index contributed by atoms with van der Waals surface area (Å²) in [7, 11) is 0. The van der Waals surface area contributed by atoms with E-state index in [0.29, 0.717) is 23.7 Å². The number of nitrogens with zero attached hydrogens (tertiary/aromatic N) is 4. The van der Waals surface area contributed by atoms with Gasteiger partial charge in [-0.25, -0.2) is 9.97 Å². The predicted octanol–water partition coefficient (Wildman–Crippen LogP) is 3.78. The van der Waals surface area contributed by atoms with Crippen LogP contribution in [0, 0.1) is 5.92 Å². The van der Waals surface area contributed by atoms with Crippen molar-refractivity contribution in [3.05, 3.63) is 42.2 Å². The first kappa shape index (κ1) is 17.1. The lowest BCUT2D eigenvalue weighted by molar-refractivity contribution is -0.133. The van der Waals surface area contributed by atoms with Crippen LogP contribution in [-0.2, 0) is 4.79 Å². The third kappa shape index (κ3) is 3.48. The zero-order chi connectivity index (χ0) is 18.1. The molecule has 2 aliphatic rings. The molecule has 0 radical (unpaired) electrons. The van der Waals surface area contributed by atoms with Crippen molar-refractivity contribution in [2.45, 2.75) is 51.4 Å². The normalized spacial score (nSPS) is 18.3. The van der Waals surface area contributed by atoms with Crippen molar-refractivity contribution in [3.63, 3.8) is 0 Å². The molecule has 0 aromatic carbocycles. The molecule has 1 aliphatic heterocycles. The molecule has 1 aliphatic carbocycles. The number of hydrogen-bond donors (Lipinski definition) is 0. The summed E-state index contributed by atoms with van der Waals surface area (Å²) < 4.78 is 0. The minimum absolute atomic E-state index is 0.315. The van der Waals surface area contributed by atoms with Gasteiger partial charge in [-0.05, 0) is 49.3 Å². The second kappa shape index (κ2) is 7.14. The fourth-order valence-electron chi connectivity index (χ4n) is 3.75. The van der Waals surface area contributed by atoms with Gasteiger partial charge in [0, 0.05) is 49.1 Å². The Kier molecular flexibility index (Phi) is 4.70. The standard InChI is InChI=1S/C21H26N4O/c1-14(2)19-18(15-5-9-22-10-6-15)13-23-20(24-19)16-7-11-25(12-8-16)21(26)17-3-4-17/h5-6,9-10,13-14,16-17H,3-4,7-8,11-12H2,1-2H3. The van der Waals surface area contributed by atoms with Gasteiger partial charge >= 0.3 is 0 Å². The lowest BCUT2D eigenvalue weighted by Gasteiger charge is -2.31. The number of hydrogen-bond acceptors (Lipinski definition) is 4. The second-order valence-electron chi connectivity index (χ2n) is 7.79. The molecule has 26 heavy (non-hydrogen) atoms. The van der Waals surface area contributed by atoms with Crippen LogP contribution in [0.1, 0.15) is 62.9 Å². The van der Waals surface area contributed by atoms with Gasteiger partial charge in [0.05, 0.1) is 5.69 Å². The maximum absolute atomic E-state index is 12.2. The van der Waals surface area contributed by atoms with Gasteiger partial charge in [-0.1, -0.05) is 13.8 Å². The predicted molar refractivity (Wildman–Crippen MR) is 101 cm³/mol. The van der Waals surface area contributed by atoms with Crippen LogP contribution in [0.5, 0.6) is 0 Å². The monoisotopic (exact) mass is 350 g/mol. The van der Waals surface area contributed by atoms with E-state index < -0.39 is 0 Å². The summed E-state index contributed by atoms with van der Waals surface area (Å²) in [5.41, 5.74) is 3.30. The zero-order valence-electron chi connectivity index (χ0n) is 15.6. The van der Waals surface area contributed by atoms with Crippen LogP contribution in [0.15, 0.2) is 30.7 Å². The lowest BCUT2D eigenvalue weighted by Crippen LogP contribution is -2.39. The van der Waals surface area contributed by atoms with Gasteiger partial charge in [0.2, 0.25) is 5.91 Å². The number of rotatable bonds is 4. The molecule has 0 N–H and O–H groups in total. The van der Waals surface area contributed by atoms with Crippen LogP contribution in [0.2, 0.25) is 0 Å². The molecule has 4 rings (SSSR count). The van der Waals surface area contributed by atoms with Crippen LogP contribution in [0.3, 0.4) is 0 Å². The summed E-state index contributed by atoms with van der Waals surface area (Å²) in [6.45, 7) is 6.03. The largest absolute Gasteiger partial charge is 0.342 e. The highest BCUT2D eigenvalue weighted by molar-refractivity contribution is 5.81. The van der Waals surface area contributed by atoms with E-state index in [9.17, 15) is 4.79 Å². The summed E-state index contributed by atoms with van der Waals surface area (Å²) in [6, 6.07) is 4.01. The van der Waals surface area contributed by atoms with Crippen LogP contribution in [0.4, 0.5) is 0 Å². The molecule has 1 amide bonds. The van der Waals surface area contributed by atoms with Crippen molar-refractivity contribution in [2.75, 3.05) is 13.1 Å². The van der Waals surface area contributed by atoms with Crippen molar-refractivity contribution in [3.8, 4) is 11.1 Å². The fourth-order valence-corrected chi connectivity index (χ4v) is 3.75. The number of aromatic nitrogens is 3. The highest BCUT2D eigenvalue weighted by Crippen LogP contribution is 2.35. The molecule has 0 bridgehead atoms. The van der Waals surface area contributed by atoms with Crippen molar-refractivity contribution in [1.29, 1.82) is 0 Å². The Balaban J connectivity index is 1.52. The molecular weight excluding hydrogens is 324 g/mol. The first-order valence-corrected chi connectivity index (χ1v) is 9.69. The molecule has 3 heterocycles. The van der Waals surface area contributed by atoms with Gasteiger partial charge in [-0.3, -0.25) is 9.78 Å². The van der Waals surface area contributed by atoms with Crippen LogP contribution in [-0.4, -0.2) is 38.8 Å². The Labute approximate surface area is 154 Å². The molecule has 0 spiro atoms. The molecule has 2 aromatic heterocycles. The Bertz CT molecular complexity index is 778. The van der Waals surface area contributed by atoms with Crippen LogP contribution >= 0.6 is 0 Å². The Morgan fingerprint density at radius 3 is 2.42 bits per heavy atom. The van der Waals surface area contributed by atoms with E-state index in [1.54, 1.807) is 12.4 Å². The van der Waals surface area contributed by atoms with Crippen molar-refractivity contribution >= 4 is 5.91 Å². The Morgan fingerprint density at radius 1 is 1.12 bits per heavy atom.